The Morgan fingerprint density at radius 2 is 2.00 bits per heavy atom. The number of aromatic nitrogens is 6. The zero-order valence-corrected chi connectivity index (χ0v) is 19.8. The average molecular weight is 456 g/mol. The van der Waals surface area contributed by atoms with Crippen molar-refractivity contribution in [2.75, 3.05) is 24.6 Å². The Kier molecular flexibility index (Phi) is 4.08. The fraction of sp³-hybridized carbons (Fsp3) is 0.462. The molecule has 8 heteroatoms. The van der Waals surface area contributed by atoms with Crippen LogP contribution in [0.1, 0.15) is 54.3 Å². The van der Waals surface area contributed by atoms with Gasteiger partial charge in [0.2, 0.25) is 0 Å². The summed E-state index contributed by atoms with van der Waals surface area (Å²) in [6.45, 7) is 9.14. The monoisotopic (exact) mass is 455 g/mol. The number of pyridine rings is 1. The first kappa shape index (κ1) is 20.1. The lowest BCUT2D eigenvalue weighted by Gasteiger charge is -2.41. The van der Waals surface area contributed by atoms with E-state index in [0.717, 1.165) is 61.2 Å². The molecular weight excluding hydrogens is 426 g/mol. The van der Waals surface area contributed by atoms with Crippen LogP contribution < -0.4 is 4.90 Å². The molecule has 1 N–H and O–H groups in total. The van der Waals surface area contributed by atoms with Crippen LogP contribution in [0, 0.1) is 19.8 Å². The van der Waals surface area contributed by atoms with E-state index in [9.17, 15) is 0 Å². The summed E-state index contributed by atoms with van der Waals surface area (Å²) in [5.41, 5.74) is 4.27. The summed E-state index contributed by atoms with van der Waals surface area (Å²) in [5.74, 6) is 2.98. The van der Waals surface area contributed by atoms with Crippen molar-refractivity contribution in [1.82, 2.24) is 29.8 Å². The van der Waals surface area contributed by atoms with Crippen molar-refractivity contribution in [1.29, 1.82) is 0 Å². The summed E-state index contributed by atoms with van der Waals surface area (Å²) < 4.78 is 8.27. The SMILES string of the molecule is Cc1n[nH]c([C@H]2[C@H]3CO[C@]2(c2nc4c(C)cc(N5CC[C@](C)(c6ccccc6)C5)cn4n2)C3)n1. The number of nitrogens with zero attached hydrogens (tertiary/aromatic N) is 6. The molecule has 2 bridgehead atoms. The van der Waals surface area contributed by atoms with Gasteiger partial charge in [-0.15, -0.1) is 5.10 Å². The van der Waals surface area contributed by atoms with E-state index in [2.05, 4.69) is 76.5 Å². The van der Waals surface area contributed by atoms with Crippen LogP contribution in [0.4, 0.5) is 5.69 Å². The van der Waals surface area contributed by atoms with E-state index >= 15 is 0 Å². The molecule has 0 unspecified atom stereocenters. The van der Waals surface area contributed by atoms with Gasteiger partial charge in [-0.25, -0.2) is 14.5 Å². The van der Waals surface area contributed by atoms with Crippen LogP contribution in [0.25, 0.3) is 5.65 Å². The Hall–Kier alpha value is -3.26. The number of anilines is 1. The Morgan fingerprint density at radius 3 is 2.76 bits per heavy atom. The third-order valence-corrected chi connectivity index (χ3v) is 8.29. The quantitative estimate of drug-likeness (QED) is 0.506. The maximum absolute atomic E-state index is 6.32. The molecule has 4 fully saturated rings. The molecule has 1 aliphatic carbocycles. The zero-order chi connectivity index (χ0) is 23.1. The minimum Gasteiger partial charge on any atom is -0.369 e. The standard InChI is InChI=1S/C26H29N7O/c1-16-11-20(32-10-9-25(3,15-32)19-7-5-4-6-8-19)13-33-23(16)28-24(31-33)26-12-18(14-34-26)21(26)22-27-17(2)29-30-22/h4-8,11,13,18,21H,9-10,12,14-15H2,1-3H3,(H,27,29,30)/t18-,21-,25+,26-/m1/s1. The second kappa shape index (κ2) is 6.88. The van der Waals surface area contributed by atoms with Gasteiger partial charge in [0.15, 0.2) is 11.5 Å². The lowest BCUT2D eigenvalue weighted by atomic mass is 9.63. The molecule has 8 rings (SSSR count). The van der Waals surface area contributed by atoms with Gasteiger partial charge >= 0.3 is 0 Å². The van der Waals surface area contributed by atoms with E-state index in [1.165, 1.54) is 11.3 Å². The predicted octanol–water partition coefficient (Wildman–Crippen LogP) is 3.66. The third-order valence-electron chi connectivity index (χ3n) is 8.29. The zero-order valence-electron chi connectivity index (χ0n) is 19.8. The third kappa shape index (κ3) is 2.75. The van der Waals surface area contributed by atoms with Gasteiger partial charge in [-0.1, -0.05) is 37.3 Å². The number of ether oxygens (including phenoxy) is 1. The second-order valence-electron chi connectivity index (χ2n) is 10.6. The molecule has 3 saturated heterocycles. The van der Waals surface area contributed by atoms with Crippen LogP contribution >= 0.6 is 0 Å². The topological polar surface area (TPSA) is 84.2 Å². The number of aromatic amines is 1. The number of aryl methyl sites for hydroxylation is 2. The van der Waals surface area contributed by atoms with E-state index in [1.54, 1.807) is 0 Å². The van der Waals surface area contributed by atoms with Gasteiger partial charge in [-0.05, 0) is 49.8 Å². The molecular formula is C26H29N7O. The molecule has 3 aliphatic heterocycles. The minimum atomic E-state index is -0.505. The summed E-state index contributed by atoms with van der Waals surface area (Å²) in [6.07, 6.45) is 4.19. The molecule has 8 nitrogen and oxygen atoms in total. The molecule has 174 valence electrons. The fourth-order valence-corrected chi connectivity index (χ4v) is 6.40. The summed E-state index contributed by atoms with van der Waals surface area (Å²) >= 11 is 0. The number of rotatable bonds is 4. The molecule has 0 amide bonds. The predicted molar refractivity (Wildman–Crippen MR) is 128 cm³/mol. The molecule has 4 aliphatic rings. The smallest absolute Gasteiger partial charge is 0.184 e. The Balaban J connectivity index is 1.22. The van der Waals surface area contributed by atoms with Gasteiger partial charge in [0.25, 0.3) is 0 Å². The maximum Gasteiger partial charge on any atom is 0.184 e. The summed E-state index contributed by atoms with van der Waals surface area (Å²) in [6, 6.07) is 13.1. The molecule has 34 heavy (non-hydrogen) atoms. The summed E-state index contributed by atoms with van der Waals surface area (Å²) in [5, 5.41) is 12.3. The number of hydrogen-bond acceptors (Lipinski definition) is 6. The Bertz CT molecular complexity index is 1390. The van der Waals surface area contributed by atoms with E-state index < -0.39 is 5.60 Å². The van der Waals surface area contributed by atoms with Gasteiger partial charge in [0.05, 0.1) is 24.4 Å². The molecule has 4 atom stereocenters. The van der Waals surface area contributed by atoms with Crippen LogP contribution in [0.15, 0.2) is 42.6 Å². The number of nitrogens with one attached hydrogen (secondary N) is 1. The lowest BCUT2D eigenvalue weighted by Crippen LogP contribution is -2.44. The number of H-pyrrole nitrogens is 1. The molecule has 1 saturated carbocycles. The van der Waals surface area contributed by atoms with Crippen molar-refractivity contribution in [2.24, 2.45) is 5.92 Å². The van der Waals surface area contributed by atoms with Crippen LogP contribution in [-0.4, -0.2) is 49.5 Å². The molecule has 6 heterocycles. The van der Waals surface area contributed by atoms with Gasteiger partial charge < -0.3 is 9.64 Å². The molecule has 3 aromatic heterocycles. The average Bonchev–Trinajstić information content (AvgIpc) is 3.62. The highest BCUT2D eigenvalue weighted by Gasteiger charge is 2.66. The van der Waals surface area contributed by atoms with E-state index in [1.807, 2.05) is 11.4 Å². The van der Waals surface area contributed by atoms with Crippen LogP contribution in [-0.2, 0) is 15.8 Å². The molecule has 0 spiro atoms. The lowest BCUT2D eigenvalue weighted by molar-refractivity contribution is -0.0344. The van der Waals surface area contributed by atoms with Crippen LogP contribution in [0.3, 0.4) is 0 Å². The van der Waals surface area contributed by atoms with Crippen molar-refractivity contribution in [3.63, 3.8) is 0 Å². The van der Waals surface area contributed by atoms with Crippen molar-refractivity contribution in [2.45, 2.75) is 50.5 Å². The highest BCUT2D eigenvalue weighted by atomic mass is 16.5. The van der Waals surface area contributed by atoms with Gasteiger partial charge in [-0.3, -0.25) is 5.10 Å². The number of fused-ring (bicyclic) bond motifs is 2. The molecule has 4 aromatic rings. The van der Waals surface area contributed by atoms with Gasteiger partial charge in [-0.2, -0.15) is 5.10 Å². The highest BCUT2D eigenvalue weighted by Crippen LogP contribution is 2.63. The molecule has 1 aromatic carbocycles. The number of benzene rings is 1. The van der Waals surface area contributed by atoms with Gasteiger partial charge in [0.1, 0.15) is 17.2 Å². The van der Waals surface area contributed by atoms with Crippen LogP contribution in [0.2, 0.25) is 0 Å². The first-order chi connectivity index (χ1) is 16.5. The normalized spacial score (nSPS) is 30.3. The fourth-order valence-electron chi connectivity index (χ4n) is 6.40. The second-order valence-corrected chi connectivity index (χ2v) is 10.6. The Labute approximate surface area is 198 Å². The van der Waals surface area contributed by atoms with Crippen molar-refractivity contribution >= 4 is 11.3 Å². The highest BCUT2D eigenvalue weighted by molar-refractivity contribution is 5.58. The Morgan fingerprint density at radius 1 is 1.15 bits per heavy atom. The van der Waals surface area contributed by atoms with Crippen molar-refractivity contribution < 1.29 is 4.74 Å². The first-order valence-electron chi connectivity index (χ1n) is 12.2. The first-order valence-corrected chi connectivity index (χ1v) is 12.2. The number of hydrogen-bond donors (Lipinski definition) is 1. The van der Waals surface area contributed by atoms with Crippen LogP contribution in [0.5, 0.6) is 0 Å². The minimum absolute atomic E-state index is 0.135. The maximum atomic E-state index is 6.32. The molecule has 0 radical (unpaired) electrons. The van der Waals surface area contributed by atoms with Gasteiger partial charge in [0, 0.05) is 18.5 Å². The van der Waals surface area contributed by atoms with Crippen molar-refractivity contribution in [3.05, 3.63) is 71.2 Å². The van der Waals surface area contributed by atoms with Crippen molar-refractivity contribution in [3.8, 4) is 0 Å². The van der Waals surface area contributed by atoms with E-state index in [-0.39, 0.29) is 11.3 Å². The summed E-state index contributed by atoms with van der Waals surface area (Å²) in [4.78, 5) is 12.1. The summed E-state index contributed by atoms with van der Waals surface area (Å²) in [7, 11) is 0. The largest absolute Gasteiger partial charge is 0.369 e. The van der Waals surface area contributed by atoms with E-state index in [4.69, 9.17) is 14.8 Å². The van der Waals surface area contributed by atoms with E-state index in [0.29, 0.717) is 5.92 Å².